The van der Waals surface area contributed by atoms with Crippen molar-refractivity contribution in [3.63, 3.8) is 0 Å². The van der Waals surface area contributed by atoms with E-state index in [1.54, 1.807) is 0 Å². The van der Waals surface area contributed by atoms with Crippen molar-refractivity contribution in [2.75, 3.05) is 4.43 Å². The van der Waals surface area contributed by atoms with Gasteiger partial charge in [-0.3, -0.25) is 0 Å². The molecule has 1 aromatic rings. The molecule has 2 aliphatic rings. The largest absolute Gasteiger partial charge is 0.508 e. The smallest absolute Gasteiger partial charge is 0.127 e. The lowest BCUT2D eigenvalue weighted by atomic mass is 9.65. The summed E-state index contributed by atoms with van der Waals surface area (Å²) in [6.07, 6.45) is 8.76. The molecule has 1 N–H and O–H groups in total. The van der Waals surface area contributed by atoms with E-state index in [2.05, 4.69) is 66.4 Å². The molecule has 0 bridgehead atoms. The van der Waals surface area contributed by atoms with E-state index in [0.717, 1.165) is 42.6 Å². The molecule has 1 saturated carbocycles. The summed E-state index contributed by atoms with van der Waals surface area (Å²) in [4.78, 5) is 3.04. The first-order valence-corrected chi connectivity index (χ1v) is 12.9. The Morgan fingerprint density at radius 1 is 1.23 bits per heavy atom. The molecular formula is C24H36IN3O2. The SMILES string of the molecule is CC(C)(CCCCCCI)c1cc(O)c2c(c1)OC(C)(C)C1CCC(N=[N+]=[N-])CC21. The third kappa shape index (κ3) is 5.01. The number of unbranched alkanes of at least 4 members (excludes halogenated alkanes) is 3. The molecule has 30 heavy (non-hydrogen) atoms. The van der Waals surface area contributed by atoms with E-state index in [4.69, 9.17) is 10.3 Å². The Morgan fingerprint density at radius 3 is 2.67 bits per heavy atom. The van der Waals surface area contributed by atoms with E-state index in [0.29, 0.717) is 11.7 Å². The fraction of sp³-hybridized carbons (Fsp3) is 0.750. The summed E-state index contributed by atoms with van der Waals surface area (Å²) in [5, 5.41) is 15.1. The maximum Gasteiger partial charge on any atom is 0.127 e. The average molecular weight is 525 g/mol. The Hall–Kier alpha value is -1.14. The van der Waals surface area contributed by atoms with E-state index in [9.17, 15) is 5.11 Å². The van der Waals surface area contributed by atoms with Crippen LogP contribution in [-0.2, 0) is 5.41 Å². The molecule has 1 aromatic carbocycles. The van der Waals surface area contributed by atoms with Gasteiger partial charge in [0.15, 0.2) is 0 Å². The third-order valence-electron chi connectivity index (χ3n) is 7.26. The van der Waals surface area contributed by atoms with Gasteiger partial charge in [0.05, 0.1) is 0 Å². The normalized spacial score (nSPS) is 24.9. The lowest BCUT2D eigenvalue weighted by molar-refractivity contribution is -0.00995. The van der Waals surface area contributed by atoms with Crippen LogP contribution in [0.25, 0.3) is 10.4 Å². The Balaban J connectivity index is 1.87. The molecule has 0 saturated heterocycles. The van der Waals surface area contributed by atoms with Crippen molar-refractivity contribution in [1.29, 1.82) is 0 Å². The molecule has 6 heteroatoms. The second-order valence-corrected chi connectivity index (χ2v) is 11.3. The zero-order valence-corrected chi connectivity index (χ0v) is 21.0. The fourth-order valence-electron chi connectivity index (χ4n) is 5.46. The number of nitrogens with zero attached hydrogens (tertiary/aromatic N) is 3. The first-order chi connectivity index (χ1) is 14.2. The lowest BCUT2D eigenvalue weighted by Gasteiger charge is -2.49. The van der Waals surface area contributed by atoms with Crippen molar-refractivity contribution >= 4 is 22.6 Å². The lowest BCUT2D eigenvalue weighted by Crippen LogP contribution is -2.47. The van der Waals surface area contributed by atoms with E-state index in [-0.39, 0.29) is 23.0 Å². The topological polar surface area (TPSA) is 78.2 Å². The average Bonchev–Trinajstić information content (AvgIpc) is 2.67. The quantitative estimate of drug-likeness (QED) is 0.0939. The maximum atomic E-state index is 11.1. The number of aromatic hydroxyl groups is 1. The Kier molecular flexibility index (Phi) is 7.49. The van der Waals surface area contributed by atoms with Gasteiger partial charge in [-0.2, -0.15) is 0 Å². The number of rotatable bonds is 8. The number of alkyl halides is 1. The number of benzene rings is 1. The van der Waals surface area contributed by atoms with Crippen LogP contribution in [0, 0.1) is 5.92 Å². The molecule has 1 aliphatic carbocycles. The number of fused-ring (bicyclic) bond motifs is 3. The van der Waals surface area contributed by atoms with Gasteiger partial charge in [0.25, 0.3) is 0 Å². The van der Waals surface area contributed by atoms with Gasteiger partial charge in [0.2, 0.25) is 0 Å². The first kappa shape index (κ1) is 23.5. The van der Waals surface area contributed by atoms with Crippen LogP contribution in [-0.4, -0.2) is 21.2 Å². The molecule has 0 aromatic heterocycles. The van der Waals surface area contributed by atoms with Crippen LogP contribution >= 0.6 is 22.6 Å². The van der Waals surface area contributed by atoms with Gasteiger partial charge in [0, 0.05) is 22.4 Å². The summed E-state index contributed by atoms with van der Waals surface area (Å²) in [6, 6.07) is 4.12. The van der Waals surface area contributed by atoms with Crippen molar-refractivity contribution in [3.8, 4) is 11.5 Å². The highest BCUT2D eigenvalue weighted by Crippen LogP contribution is 2.55. The van der Waals surface area contributed by atoms with Gasteiger partial charge >= 0.3 is 0 Å². The van der Waals surface area contributed by atoms with Crippen molar-refractivity contribution < 1.29 is 9.84 Å². The first-order valence-electron chi connectivity index (χ1n) is 11.4. The second-order valence-electron chi connectivity index (χ2n) is 10.2. The summed E-state index contributed by atoms with van der Waals surface area (Å²) in [7, 11) is 0. The standard InChI is InChI=1S/C24H36IN3O2/c1-23(2,11-7-5-6-8-12-25)16-13-20(29)22-18-15-17(27-28-26)9-10-19(18)24(3,4)30-21(22)14-16/h13-14,17-19,29H,5-12,15H2,1-4H3. The van der Waals surface area contributed by atoms with E-state index in [1.807, 2.05) is 6.07 Å². The Morgan fingerprint density at radius 2 is 1.97 bits per heavy atom. The minimum Gasteiger partial charge on any atom is -0.508 e. The van der Waals surface area contributed by atoms with E-state index < -0.39 is 0 Å². The Bertz CT molecular complexity index is 802. The maximum absolute atomic E-state index is 11.1. The number of ether oxygens (including phenoxy) is 1. The molecule has 3 unspecified atom stereocenters. The predicted molar refractivity (Wildman–Crippen MR) is 131 cm³/mol. The van der Waals surface area contributed by atoms with Crippen molar-refractivity contribution in [3.05, 3.63) is 33.7 Å². The zero-order valence-electron chi connectivity index (χ0n) is 18.8. The highest BCUT2D eigenvalue weighted by atomic mass is 127. The molecule has 166 valence electrons. The van der Waals surface area contributed by atoms with Crippen LogP contribution in [0.2, 0.25) is 0 Å². The molecule has 0 radical (unpaired) electrons. The van der Waals surface area contributed by atoms with Crippen LogP contribution in [0.1, 0.15) is 96.1 Å². The summed E-state index contributed by atoms with van der Waals surface area (Å²) < 4.78 is 7.73. The van der Waals surface area contributed by atoms with Gasteiger partial charge in [0.1, 0.15) is 17.1 Å². The molecule has 1 heterocycles. The van der Waals surface area contributed by atoms with Crippen LogP contribution < -0.4 is 4.74 Å². The van der Waals surface area contributed by atoms with Gasteiger partial charge in [-0.25, -0.2) is 0 Å². The fourth-order valence-corrected chi connectivity index (χ4v) is 5.99. The van der Waals surface area contributed by atoms with Gasteiger partial charge in [-0.15, -0.1) is 0 Å². The highest BCUT2D eigenvalue weighted by Gasteiger charge is 2.47. The highest BCUT2D eigenvalue weighted by molar-refractivity contribution is 14.1. The van der Waals surface area contributed by atoms with Crippen LogP contribution in [0.15, 0.2) is 17.2 Å². The molecule has 3 atom stereocenters. The van der Waals surface area contributed by atoms with Gasteiger partial charge < -0.3 is 9.84 Å². The monoisotopic (exact) mass is 525 g/mol. The minimum absolute atomic E-state index is 0.00365. The predicted octanol–water partition coefficient (Wildman–Crippen LogP) is 7.79. The van der Waals surface area contributed by atoms with Crippen molar-refractivity contribution in [2.24, 2.45) is 11.0 Å². The van der Waals surface area contributed by atoms with Crippen LogP contribution in [0.3, 0.4) is 0 Å². The molecule has 0 amide bonds. The van der Waals surface area contributed by atoms with Gasteiger partial charge in [-0.05, 0) is 84.9 Å². The minimum atomic E-state index is -0.298. The van der Waals surface area contributed by atoms with Crippen LogP contribution in [0.4, 0.5) is 0 Å². The number of azide groups is 1. The second kappa shape index (κ2) is 9.56. The molecular weight excluding hydrogens is 489 g/mol. The third-order valence-corrected chi connectivity index (χ3v) is 8.02. The van der Waals surface area contributed by atoms with Crippen LogP contribution in [0.5, 0.6) is 11.5 Å². The number of hydrogen-bond donors (Lipinski definition) is 1. The number of phenolic OH excluding ortho intramolecular Hbond substituents is 1. The van der Waals surface area contributed by atoms with Crippen molar-refractivity contribution in [1.82, 2.24) is 0 Å². The Labute approximate surface area is 194 Å². The molecule has 3 rings (SSSR count). The van der Waals surface area contributed by atoms with Crippen molar-refractivity contribution in [2.45, 2.75) is 102 Å². The summed E-state index contributed by atoms with van der Waals surface area (Å²) in [5.41, 5.74) is 10.6. The van der Waals surface area contributed by atoms with Gasteiger partial charge in [-0.1, -0.05) is 60.8 Å². The van der Waals surface area contributed by atoms with E-state index >= 15 is 0 Å². The summed E-state index contributed by atoms with van der Waals surface area (Å²) in [6.45, 7) is 8.84. The molecule has 1 aliphatic heterocycles. The zero-order chi connectivity index (χ0) is 21.9. The summed E-state index contributed by atoms with van der Waals surface area (Å²) >= 11 is 2.44. The molecule has 0 spiro atoms. The molecule has 5 nitrogen and oxygen atoms in total. The number of hydrogen-bond acceptors (Lipinski definition) is 3. The number of phenols is 1. The molecule has 1 fully saturated rings. The summed E-state index contributed by atoms with van der Waals surface area (Å²) in [5.74, 6) is 1.64. The van der Waals surface area contributed by atoms with E-state index in [1.165, 1.54) is 30.1 Å². The number of halogens is 1.